The summed E-state index contributed by atoms with van der Waals surface area (Å²) in [6.45, 7) is 1.25. The summed E-state index contributed by atoms with van der Waals surface area (Å²) in [5.74, 6) is -0.216. The molecule has 8 nitrogen and oxygen atoms in total. The fourth-order valence-electron chi connectivity index (χ4n) is 2.29. The van der Waals surface area contributed by atoms with Crippen molar-refractivity contribution in [3.63, 3.8) is 0 Å². The summed E-state index contributed by atoms with van der Waals surface area (Å²) in [5.41, 5.74) is -0.931. The van der Waals surface area contributed by atoms with Crippen molar-refractivity contribution >= 4 is 12.0 Å². The molecule has 1 saturated heterocycles. The van der Waals surface area contributed by atoms with Gasteiger partial charge in [0.05, 0.1) is 12.0 Å². The van der Waals surface area contributed by atoms with Crippen molar-refractivity contribution in [1.82, 2.24) is 20.2 Å². The van der Waals surface area contributed by atoms with Gasteiger partial charge in [0, 0.05) is 39.2 Å². The Balaban J connectivity index is 1.88. The van der Waals surface area contributed by atoms with Crippen LogP contribution in [0.3, 0.4) is 0 Å². The van der Waals surface area contributed by atoms with Crippen LogP contribution >= 0.6 is 0 Å². The van der Waals surface area contributed by atoms with Gasteiger partial charge < -0.3 is 25.0 Å². The molecule has 2 heterocycles. The van der Waals surface area contributed by atoms with Crippen molar-refractivity contribution in [2.75, 3.05) is 26.8 Å². The van der Waals surface area contributed by atoms with E-state index in [-0.39, 0.29) is 12.6 Å². The average molecular weight is 296 g/mol. The molecule has 0 unspecified atom stereocenters. The number of rotatable bonds is 5. The van der Waals surface area contributed by atoms with Crippen LogP contribution in [0, 0.1) is 5.41 Å². The fraction of sp³-hybridized carbons (Fsp3) is 0.615. The number of carbonyl (C=O) groups excluding carboxylic acids is 1. The van der Waals surface area contributed by atoms with Crippen molar-refractivity contribution < 1.29 is 19.4 Å². The van der Waals surface area contributed by atoms with Gasteiger partial charge in [-0.1, -0.05) is 0 Å². The number of aromatic amines is 1. The highest BCUT2D eigenvalue weighted by molar-refractivity contribution is 5.78. The monoisotopic (exact) mass is 296 g/mol. The van der Waals surface area contributed by atoms with Gasteiger partial charge in [-0.15, -0.1) is 0 Å². The molecular formula is C13H20N4O4. The molecule has 116 valence electrons. The van der Waals surface area contributed by atoms with E-state index in [9.17, 15) is 14.7 Å². The molecule has 0 aliphatic carbocycles. The maximum absolute atomic E-state index is 12.0. The Morgan fingerprint density at radius 1 is 1.52 bits per heavy atom. The average Bonchev–Trinajstić information content (AvgIpc) is 2.98. The molecule has 1 aliphatic heterocycles. The molecule has 0 aromatic carbocycles. The van der Waals surface area contributed by atoms with E-state index in [0.717, 1.165) is 0 Å². The number of H-pyrrole nitrogens is 1. The highest BCUT2D eigenvalue weighted by Crippen LogP contribution is 2.30. The zero-order chi connectivity index (χ0) is 15.3. The molecule has 0 saturated carbocycles. The summed E-state index contributed by atoms with van der Waals surface area (Å²) in [7, 11) is 1.63. The summed E-state index contributed by atoms with van der Waals surface area (Å²) in [6.07, 6.45) is 4.11. The number of hydrogen-bond donors (Lipinski definition) is 3. The third kappa shape index (κ3) is 3.72. The van der Waals surface area contributed by atoms with Crippen LogP contribution in [0.15, 0.2) is 12.4 Å². The van der Waals surface area contributed by atoms with Gasteiger partial charge >= 0.3 is 12.0 Å². The highest BCUT2D eigenvalue weighted by Gasteiger charge is 2.40. The Morgan fingerprint density at radius 3 is 2.81 bits per heavy atom. The number of nitrogens with zero attached hydrogens (tertiary/aromatic N) is 2. The lowest BCUT2D eigenvalue weighted by molar-refractivity contribution is -0.154. The Labute approximate surface area is 122 Å². The number of amides is 2. The number of aliphatic carboxylic acids is 1. The van der Waals surface area contributed by atoms with Gasteiger partial charge in [0.1, 0.15) is 5.82 Å². The minimum atomic E-state index is -0.931. The first-order chi connectivity index (χ1) is 10.0. The second-order valence-corrected chi connectivity index (χ2v) is 5.25. The smallest absolute Gasteiger partial charge is 0.317 e. The molecule has 2 amide bonds. The van der Waals surface area contributed by atoms with E-state index in [1.165, 1.54) is 4.90 Å². The number of urea groups is 1. The molecule has 1 aliphatic rings. The number of imidazole rings is 1. The van der Waals surface area contributed by atoms with Crippen LogP contribution in [-0.2, 0) is 16.1 Å². The van der Waals surface area contributed by atoms with E-state index in [1.807, 2.05) is 0 Å². The molecule has 2 rings (SSSR count). The van der Waals surface area contributed by atoms with E-state index >= 15 is 0 Å². The lowest BCUT2D eigenvalue weighted by atomic mass is 9.80. The van der Waals surface area contributed by atoms with E-state index in [1.54, 1.807) is 19.4 Å². The van der Waals surface area contributed by atoms with Crippen molar-refractivity contribution in [2.45, 2.75) is 19.4 Å². The highest BCUT2D eigenvalue weighted by atomic mass is 16.5. The number of hydrogen-bond acceptors (Lipinski definition) is 4. The maximum Gasteiger partial charge on any atom is 0.317 e. The second kappa shape index (κ2) is 6.57. The minimum Gasteiger partial charge on any atom is -0.481 e. The Hall–Kier alpha value is -2.09. The van der Waals surface area contributed by atoms with Gasteiger partial charge in [0.25, 0.3) is 0 Å². The number of aromatic nitrogens is 2. The standard InChI is InChI=1S/C13H20N4O4/c1-17(8-10-14-4-5-15-10)12(20)16-9-13(11(18)19)2-6-21-7-3-13/h4-5H,2-3,6-9H2,1H3,(H,14,15)(H,16,20)(H,18,19). The van der Waals surface area contributed by atoms with Crippen LogP contribution in [-0.4, -0.2) is 58.8 Å². The number of carboxylic acid groups (broad SMARTS) is 1. The number of carboxylic acids is 1. The lowest BCUT2D eigenvalue weighted by Crippen LogP contribution is -2.49. The van der Waals surface area contributed by atoms with Gasteiger partial charge in [0.15, 0.2) is 0 Å². The second-order valence-electron chi connectivity index (χ2n) is 5.25. The first-order valence-corrected chi connectivity index (χ1v) is 6.82. The van der Waals surface area contributed by atoms with Crippen LogP contribution in [0.25, 0.3) is 0 Å². The zero-order valence-electron chi connectivity index (χ0n) is 12.0. The molecule has 8 heteroatoms. The fourth-order valence-corrected chi connectivity index (χ4v) is 2.29. The van der Waals surface area contributed by atoms with E-state index in [4.69, 9.17) is 4.74 Å². The van der Waals surface area contributed by atoms with Crippen LogP contribution in [0.5, 0.6) is 0 Å². The predicted molar refractivity (Wildman–Crippen MR) is 73.6 cm³/mol. The zero-order valence-corrected chi connectivity index (χ0v) is 12.0. The van der Waals surface area contributed by atoms with Crippen LogP contribution in [0.4, 0.5) is 4.79 Å². The number of carbonyl (C=O) groups is 2. The Kier molecular flexibility index (Phi) is 4.79. The third-order valence-corrected chi connectivity index (χ3v) is 3.77. The summed E-state index contributed by atoms with van der Waals surface area (Å²) < 4.78 is 5.20. The molecule has 21 heavy (non-hydrogen) atoms. The Morgan fingerprint density at radius 2 is 2.24 bits per heavy atom. The predicted octanol–water partition coefficient (Wildman–Crippen LogP) is 0.432. The van der Waals surface area contributed by atoms with Gasteiger partial charge in [-0.2, -0.15) is 0 Å². The SMILES string of the molecule is CN(Cc1ncc[nH]1)C(=O)NCC1(C(=O)O)CCOCC1. The Bertz CT molecular complexity index is 482. The molecule has 0 spiro atoms. The molecule has 0 radical (unpaired) electrons. The van der Waals surface area contributed by atoms with Gasteiger partial charge in [-0.25, -0.2) is 9.78 Å². The summed E-state index contributed by atoms with van der Waals surface area (Å²) >= 11 is 0. The summed E-state index contributed by atoms with van der Waals surface area (Å²) in [4.78, 5) is 31.9. The van der Waals surface area contributed by atoms with E-state index < -0.39 is 11.4 Å². The van der Waals surface area contributed by atoms with Crippen molar-refractivity contribution in [3.8, 4) is 0 Å². The molecule has 1 aromatic heterocycles. The maximum atomic E-state index is 12.0. The molecule has 1 fully saturated rings. The number of ether oxygens (including phenoxy) is 1. The van der Waals surface area contributed by atoms with E-state index in [2.05, 4.69) is 15.3 Å². The van der Waals surface area contributed by atoms with Crippen LogP contribution < -0.4 is 5.32 Å². The lowest BCUT2D eigenvalue weighted by Gasteiger charge is -2.33. The first-order valence-electron chi connectivity index (χ1n) is 6.82. The van der Waals surface area contributed by atoms with Crippen molar-refractivity contribution in [3.05, 3.63) is 18.2 Å². The van der Waals surface area contributed by atoms with Crippen molar-refractivity contribution in [1.29, 1.82) is 0 Å². The van der Waals surface area contributed by atoms with Gasteiger partial charge in [0.2, 0.25) is 0 Å². The molecule has 0 bridgehead atoms. The van der Waals surface area contributed by atoms with Gasteiger partial charge in [-0.3, -0.25) is 4.79 Å². The molecular weight excluding hydrogens is 276 g/mol. The largest absolute Gasteiger partial charge is 0.481 e. The topological polar surface area (TPSA) is 108 Å². The summed E-state index contributed by atoms with van der Waals surface area (Å²) in [5, 5.41) is 12.1. The molecule has 3 N–H and O–H groups in total. The third-order valence-electron chi connectivity index (χ3n) is 3.77. The minimum absolute atomic E-state index is 0.104. The van der Waals surface area contributed by atoms with E-state index in [0.29, 0.717) is 38.4 Å². The van der Waals surface area contributed by atoms with Crippen LogP contribution in [0.2, 0.25) is 0 Å². The molecule has 1 aromatic rings. The first kappa shape index (κ1) is 15.3. The van der Waals surface area contributed by atoms with Crippen molar-refractivity contribution in [2.24, 2.45) is 5.41 Å². The van der Waals surface area contributed by atoms with Gasteiger partial charge in [-0.05, 0) is 12.8 Å². The normalized spacial score (nSPS) is 17.2. The summed E-state index contributed by atoms with van der Waals surface area (Å²) in [6, 6.07) is -0.321. The quantitative estimate of drug-likeness (QED) is 0.730. The number of nitrogens with one attached hydrogen (secondary N) is 2. The van der Waals surface area contributed by atoms with Crippen LogP contribution in [0.1, 0.15) is 18.7 Å². The molecule has 0 atom stereocenters.